The zero-order valence-electron chi connectivity index (χ0n) is 27.6. The Bertz CT molecular complexity index is 3070. The van der Waals surface area contributed by atoms with Crippen LogP contribution in [0, 0.1) is 0 Å². The van der Waals surface area contributed by atoms with Crippen molar-refractivity contribution in [3.8, 4) is 33.6 Å². The van der Waals surface area contributed by atoms with E-state index < -0.39 is 0 Å². The minimum absolute atomic E-state index is 0.912. The molecule has 8 aromatic carbocycles. The fraction of sp³-hybridized carbons (Fsp3) is 0. The monoisotopic (exact) mass is 650 g/mol. The summed E-state index contributed by atoms with van der Waals surface area (Å²) in [4.78, 5) is 0. The third-order valence-electron chi connectivity index (χ3n) is 10.5. The maximum absolute atomic E-state index is 6.45. The molecule has 3 heteroatoms. The molecule has 0 saturated heterocycles. The van der Waals surface area contributed by atoms with Crippen LogP contribution in [-0.2, 0) is 0 Å². The maximum atomic E-state index is 6.45. The lowest BCUT2D eigenvalue weighted by Gasteiger charge is -2.10. The van der Waals surface area contributed by atoms with Crippen molar-refractivity contribution in [3.63, 3.8) is 0 Å². The Morgan fingerprint density at radius 3 is 1.67 bits per heavy atom. The summed E-state index contributed by atoms with van der Waals surface area (Å²) in [5.74, 6) is 0. The van der Waals surface area contributed by atoms with E-state index in [1.807, 2.05) is 12.1 Å². The molecule has 0 saturated carbocycles. The number of hydrogen-bond acceptors (Lipinski definition) is 1. The minimum Gasteiger partial charge on any atom is -0.455 e. The number of furan rings is 1. The summed E-state index contributed by atoms with van der Waals surface area (Å²) in [6, 6.07) is 65.5. The number of nitrogens with zero attached hydrogens (tertiary/aromatic N) is 2. The summed E-state index contributed by atoms with van der Waals surface area (Å²) in [6.07, 6.45) is 0. The van der Waals surface area contributed by atoms with Crippen LogP contribution in [0.25, 0.3) is 99.2 Å². The molecule has 0 amide bonds. The average Bonchev–Trinajstić information content (AvgIpc) is 3.85. The third kappa shape index (κ3) is 4.19. The second kappa shape index (κ2) is 10.8. The smallest absolute Gasteiger partial charge is 0.143 e. The van der Waals surface area contributed by atoms with Crippen LogP contribution in [-0.4, -0.2) is 9.13 Å². The van der Waals surface area contributed by atoms with E-state index in [-0.39, 0.29) is 0 Å². The van der Waals surface area contributed by atoms with Crippen molar-refractivity contribution < 1.29 is 4.42 Å². The van der Waals surface area contributed by atoms with Crippen LogP contribution in [0.15, 0.2) is 186 Å². The van der Waals surface area contributed by atoms with Crippen molar-refractivity contribution in [2.45, 2.75) is 0 Å². The molecule has 0 N–H and O–H groups in total. The van der Waals surface area contributed by atoms with Gasteiger partial charge in [0.1, 0.15) is 11.2 Å². The predicted octanol–water partition coefficient (Wildman–Crippen LogP) is 13.1. The van der Waals surface area contributed by atoms with E-state index in [9.17, 15) is 0 Å². The van der Waals surface area contributed by atoms with Gasteiger partial charge in [0.25, 0.3) is 0 Å². The van der Waals surface area contributed by atoms with Gasteiger partial charge in [-0.2, -0.15) is 0 Å². The van der Waals surface area contributed by atoms with Crippen molar-refractivity contribution >= 4 is 65.6 Å². The maximum Gasteiger partial charge on any atom is 0.143 e. The van der Waals surface area contributed by atoms with Gasteiger partial charge in [-0.15, -0.1) is 0 Å². The second-order valence-electron chi connectivity index (χ2n) is 13.3. The van der Waals surface area contributed by atoms with Gasteiger partial charge in [0, 0.05) is 49.3 Å². The Morgan fingerprint density at radius 2 is 0.882 bits per heavy atom. The van der Waals surface area contributed by atoms with Crippen LogP contribution >= 0.6 is 0 Å². The summed E-state index contributed by atoms with van der Waals surface area (Å²) in [6.45, 7) is 0. The summed E-state index contributed by atoms with van der Waals surface area (Å²) in [5, 5.41) is 7.28. The molecule has 0 aliphatic heterocycles. The number of hydrogen-bond donors (Lipinski definition) is 0. The quantitative estimate of drug-likeness (QED) is 0.186. The zero-order chi connectivity index (χ0) is 33.5. The van der Waals surface area contributed by atoms with Crippen molar-refractivity contribution in [3.05, 3.63) is 182 Å². The van der Waals surface area contributed by atoms with Crippen LogP contribution in [0.4, 0.5) is 0 Å². The highest BCUT2D eigenvalue weighted by Gasteiger charge is 2.18. The van der Waals surface area contributed by atoms with E-state index in [0.717, 1.165) is 44.4 Å². The van der Waals surface area contributed by atoms with Gasteiger partial charge in [-0.3, -0.25) is 0 Å². The summed E-state index contributed by atoms with van der Waals surface area (Å²) in [5.41, 5.74) is 13.5. The first kappa shape index (κ1) is 28.0. The second-order valence-corrected chi connectivity index (χ2v) is 13.3. The minimum atomic E-state index is 0.912. The van der Waals surface area contributed by atoms with Gasteiger partial charge in [-0.25, -0.2) is 0 Å². The predicted molar refractivity (Wildman–Crippen MR) is 213 cm³/mol. The first-order valence-corrected chi connectivity index (χ1v) is 17.4. The van der Waals surface area contributed by atoms with Gasteiger partial charge < -0.3 is 13.6 Å². The lowest BCUT2D eigenvalue weighted by atomic mass is 9.99. The van der Waals surface area contributed by atoms with Crippen molar-refractivity contribution in [1.82, 2.24) is 9.13 Å². The van der Waals surface area contributed by atoms with Gasteiger partial charge in [-0.05, 0) is 77.4 Å². The van der Waals surface area contributed by atoms with Crippen LogP contribution < -0.4 is 0 Å². The summed E-state index contributed by atoms with van der Waals surface area (Å²) >= 11 is 0. The van der Waals surface area contributed by atoms with Gasteiger partial charge in [0.05, 0.1) is 22.1 Å². The van der Waals surface area contributed by atoms with Crippen LogP contribution in [0.1, 0.15) is 0 Å². The molecule has 51 heavy (non-hydrogen) atoms. The molecule has 11 rings (SSSR count). The van der Waals surface area contributed by atoms with E-state index >= 15 is 0 Å². The van der Waals surface area contributed by atoms with Gasteiger partial charge in [0.15, 0.2) is 0 Å². The van der Waals surface area contributed by atoms with Gasteiger partial charge in [0.2, 0.25) is 0 Å². The van der Waals surface area contributed by atoms with Crippen molar-refractivity contribution in [1.29, 1.82) is 0 Å². The molecule has 11 aromatic rings. The molecule has 0 unspecified atom stereocenters. The largest absolute Gasteiger partial charge is 0.455 e. The third-order valence-corrected chi connectivity index (χ3v) is 10.5. The first-order valence-electron chi connectivity index (χ1n) is 17.4. The van der Waals surface area contributed by atoms with Gasteiger partial charge in [-0.1, -0.05) is 121 Å². The molecule has 0 radical (unpaired) electrons. The Morgan fingerprint density at radius 1 is 0.314 bits per heavy atom. The Balaban J connectivity index is 1.07. The number of benzene rings is 8. The molecule has 0 fully saturated rings. The van der Waals surface area contributed by atoms with Crippen LogP contribution in [0.2, 0.25) is 0 Å². The topological polar surface area (TPSA) is 23.0 Å². The Hall–Kier alpha value is -6.84. The van der Waals surface area contributed by atoms with Crippen LogP contribution in [0.5, 0.6) is 0 Å². The highest BCUT2D eigenvalue weighted by Crippen LogP contribution is 2.40. The average molecular weight is 651 g/mol. The van der Waals surface area contributed by atoms with E-state index in [2.05, 4.69) is 179 Å². The summed E-state index contributed by atoms with van der Waals surface area (Å²) in [7, 11) is 0. The molecular weight excluding hydrogens is 621 g/mol. The normalized spacial score (nSPS) is 11.9. The van der Waals surface area contributed by atoms with Crippen LogP contribution in [0.3, 0.4) is 0 Å². The first-order chi connectivity index (χ1) is 25.3. The molecule has 3 nitrogen and oxygen atoms in total. The number of para-hydroxylation sites is 5. The number of aromatic nitrogens is 2. The molecule has 0 bridgehead atoms. The highest BCUT2D eigenvalue weighted by atomic mass is 16.3. The molecule has 3 heterocycles. The Kier molecular flexibility index (Phi) is 5.96. The zero-order valence-corrected chi connectivity index (χ0v) is 27.6. The van der Waals surface area contributed by atoms with Gasteiger partial charge >= 0.3 is 0 Å². The standard InChI is InChI=1S/C48H30N2O/c1-2-11-34(12-3-1)50-45-28-24-32(31-21-25-35(26-22-31)49-43-18-7-4-13-37(43)38-14-5-8-19-44(38)49)29-42(45)39-27-23-33(30-46(39)50)36-16-10-17-41-40-15-6-9-20-47(40)51-48(36)41/h1-30H. The number of rotatable bonds is 4. The molecule has 0 aliphatic carbocycles. The van der Waals surface area contributed by atoms with E-state index in [1.54, 1.807) is 0 Å². The van der Waals surface area contributed by atoms with E-state index in [1.165, 1.54) is 54.7 Å². The molecule has 0 spiro atoms. The molecule has 238 valence electrons. The van der Waals surface area contributed by atoms with Crippen molar-refractivity contribution in [2.24, 2.45) is 0 Å². The summed E-state index contributed by atoms with van der Waals surface area (Å²) < 4.78 is 11.2. The fourth-order valence-electron chi connectivity index (χ4n) is 8.20. The lowest BCUT2D eigenvalue weighted by molar-refractivity contribution is 0.670. The molecule has 3 aromatic heterocycles. The molecular formula is C48H30N2O. The molecule has 0 aliphatic rings. The molecule has 0 atom stereocenters. The number of fused-ring (bicyclic) bond motifs is 9. The highest BCUT2D eigenvalue weighted by molar-refractivity contribution is 6.14. The SMILES string of the molecule is c1ccc(-n2c3ccc(-c4ccc(-n5c6ccccc6c6ccccc65)cc4)cc3c3ccc(-c4cccc5c4oc4ccccc45)cc32)cc1. The van der Waals surface area contributed by atoms with E-state index in [0.29, 0.717) is 0 Å². The lowest BCUT2D eigenvalue weighted by Crippen LogP contribution is -1.94. The fourth-order valence-corrected chi connectivity index (χ4v) is 8.20. The van der Waals surface area contributed by atoms with Crippen molar-refractivity contribution in [2.75, 3.05) is 0 Å². The van der Waals surface area contributed by atoms with E-state index in [4.69, 9.17) is 4.42 Å². The Labute approximate surface area is 293 Å².